The number of hydrogen-bond donors (Lipinski definition) is 1. The lowest BCUT2D eigenvalue weighted by molar-refractivity contribution is -0.173. The van der Waals surface area contributed by atoms with E-state index in [0.717, 1.165) is 5.57 Å². The van der Waals surface area contributed by atoms with Crippen LogP contribution in [0, 0.1) is 23.2 Å². The van der Waals surface area contributed by atoms with Crippen molar-refractivity contribution in [1.29, 1.82) is 0 Å². The van der Waals surface area contributed by atoms with Crippen molar-refractivity contribution >= 4 is 11.8 Å². The minimum atomic E-state index is -0.943. The van der Waals surface area contributed by atoms with Gasteiger partial charge < -0.3 is 9.84 Å². The molecule has 1 N–H and O–H groups in total. The average molecular weight is 334 g/mol. The molecule has 0 aliphatic heterocycles. The number of aliphatic hydroxyl groups excluding tert-OH is 1. The van der Waals surface area contributed by atoms with Crippen LogP contribution in [0.4, 0.5) is 0 Å². The van der Waals surface area contributed by atoms with Gasteiger partial charge in [0, 0.05) is 11.5 Å². The zero-order valence-electron chi connectivity index (χ0n) is 15.5. The maximum absolute atomic E-state index is 12.5. The predicted octanol–water partition coefficient (Wildman–Crippen LogP) is 3.44. The number of Topliss-reactive ketones (excluding diaryl/α,β-unsaturated/α-hetero) is 1. The van der Waals surface area contributed by atoms with Gasteiger partial charge in [-0.3, -0.25) is 4.79 Å². The maximum atomic E-state index is 12.5. The predicted molar refractivity (Wildman–Crippen MR) is 93.2 cm³/mol. The SMILES string of the molecule is C=C(C)[C@@H]1C[C@@]2(C)[C@H](CC[C@@H](OC(=O)/C(C)=C/C)[C@@H]2C)[C@@H](O)C1=O. The van der Waals surface area contributed by atoms with Crippen molar-refractivity contribution in [3.05, 3.63) is 23.8 Å². The van der Waals surface area contributed by atoms with Gasteiger partial charge in [0.05, 0.1) is 0 Å². The Labute approximate surface area is 145 Å². The molecule has 4 nitrogen and oxygen atoms in total. The van der Waals surface area contributed by atoms with E-state index >= 15 is 0 Å². The van der Waals surface area contributed by atoms with E-state index in [4.69, 9.17) is 4.74 Å². The van der Waals surface area contributed by atoms with E-state index in [2.05, 4.69) is 20.4 Å². The fraction of sp³-hybridized carbons (Fsp3) is 0.700. The van der Waals surface area contributed by atoms with Crippen LogP contribution in [0.15, 0.2) is 23.8 Å². The first-order chi connectivity index (χ1) is 11.1. The van der Waals surface area contributed by atoms with Crippen molar-refractivity contribution in [1.82, 2.24) is 0 Å². The van der Waals surface area contributed by atoms with Gasteiger partial charge in [-0.1, -0.05) is 32.1 Å². The van der Waals surface area contributed by atoms with E-state index < -0.39 is 6.10 Å². The number of rotatable bonds is 3. The second-order valence-electron chi connectivity index (χ2n) is 7.84. The largest absolute Gasteiger partial charge is 0.459 e. The standard InChI is InChI=1S/C20H30O4/c1-7-12(4)19(23)24-16-9-8-15-18(22)17(21)14(11(2)3)10-20(15,6)13(16)5/h7,13-16,18,22H,2,8-10H2,1,3-6H3/b12-7+/t13-,14-,15+,16+,18+,20+/m0/s1. The van der Waals surface area contributed by atoms with Crippen molar-refractivity contribution in [2.45, 2.75) is 66.1 Å². The van der Waals surface area contributed by atoms with Gasteiger partial charge >= 0.3 is 5.97 Å². The molecule has 0 saturated heterocycles. The lowest BCUT2D eigenvalue weighted by Crippen LogP contribution is -2.57. The monoisotopic (exact) mass is 334 g/mol. The molecular weight excluding hydrogens is 304 g/mol. The highest BCUT2D eigenvalue weighted by Crippen LogP contribution is 2.55. The van der Waals surface area contributed by atoms with Crippen molar-refractivity contribution in [3.8, 4) is 0 Å². The minimum Gasteiger partial charge on any atom is -0.459 e. The number of hydrogen-bond acceptors (Lipinski definition) is 4. The Morgan fingerprint density at radius 3 is 2.54 bits per heavy atom. The molecule has 0 amide bonds. The number of ketones is 1. The molecule has 24 heavy (non-hydrogen) atoms. The molecule has 4 heteroatoms. The zero-order valence-corrected chi connectivity index (χ0v) is 15.5. The van der Waals surface area contributed by atoms with Gasteiger partial charge in [-0.2, -0.15) is 0 Å². The number of allylic oxidation sites excluding steroid dienone is 2. The molecule has 134 valence electrons. The highest BCUT2D eigenvalue weighted by molar-refractivity contribution is 5.89. The summed E-state index contributed by atoms with van der Waals surface area (Å²) >= 11 is 0. The van der Waals surface area contributed by atoms with Crippen LogP contribution in [0.2, 0.25) is 0 Å². The van der Waals surface area contributed by atoms with Gasteiger partial charge in [0.1, 0.15) is 12.2 Å². The Morgan fingerprint density at radius 1 is 1.38 bits per heavy atom. The number of carbonyl (C=O) groups is 2. The van der Waals surface area contributed by atoms with Crippen molar-refractivity contribution in [3.63, 3.8) is 0 Å². The van der Waals surface area contributed by atoms with E-state index in [1.807, 2.05) is 13.8 Å². The van der Waals surface area contributed by atoms with Gasteiger partial charge in [-0.05, 0) is 57.3 Å². The van der Waals surface area contributed by atoms with Crippen molar-refractivity contribution in [2.24, 2.45) is 23.2 Å². The second kappa shape index (κ2) is 6.83. The number of esters is 1. The molecule has 0 radical (unpaired) electrons. The second-order valence-corrected chi connectivity index (χ2v) is 7.84. The van der Waals surface area contributed by atoms with E-state index in [-0.39, 0.29) is 41.0 Å². The van der Waals surface area contributed by atoms with Crippen LogP contribution in [0.5, 0.6) is 0 Å². The Kier molecular flexibility index (Phi) is 5.38. The summed E-state index contributed by atoms with van der Waals surface area (Å²) in [4.78, 5) is 24.6. The van der Waals surface area contributed by atoms with Crippen molar-refractivity contribution < 1.29 is 19.4 Å². The first-order valence-corrected chi connectivity index (χ1v) is 8.84. The van der Waals surface area contributed by atoms with Crippen LogP contribution in [-0.2, 0) is 14.3 Å². The Morgan fingerprint density at radius 2 is 2.00 bits per heavy atom. The van der Waals surface area contributed by atoms with Gasteiger partial charge in [-0.15, -0.1) is 0 Å². The first kappa shape index (κ1) is 18.9. The first-order valence-electron chi connectivity index (χ1n) is 8.84. The number of fused-ring (bicyclic) bond motifs is 1. The lowest BCUT2D eigenvalue weighted by Gasteiger charge is -2.55. The van der Waals surface area contributed by atoms with E-state index in [9.17, 15) is 14.7 Å². The lowest BCUT2D eigenvalue weighted by atomic mass is 9.51. The summed E-state index contributed by atoms with van der Waals surface area (Å²) in [6, 6.07) is 0. The summed E-state index contributed by atoms with van der Waals surface area (Å²) in [5.74, 6) is -0.684. The molecule has 0 unspecified atom stereocenters. The summed E-state index contributed by atoms with van der Waals surface area (Å²) in [5.41, 5.74) is 1.16. The maximum Gasteiger partial charge on any atom is 0.333 e. The van der Waals surface area contributed by atoms with E-state index in [1.165, 1.54) is 0 Å². The quantitative estimate of drug-likeness (QED) is 0.488. The normalized spacial score (nSPS) is 40.0. The minimum absolute atomic E-state index is 0.0756. The molecule has 0 aromatic carbocycles. The molecule has 0 aromatic rings. The molecule has 0 aromatic heterocycles. The average Bonchev–Trinajstić information content (AvgIpc) is 2.54. The fourth-order valence-electron chi connectivity index (χ4n) is 4.41. The van der Waals surface area contributed by atoms with Crippen LogP contribution < -0.4 is 0 Å². The molecule has 2 rings (SSSR count). The van der Waals surface area contributed by atoms with Crippen LogP contribution in [0.3, 0.4) is 0 Å². The highest BCUT2D eigenvalue weighted by Gasteiger charge is 2.56. The number of carbonyl (C=O) groups excluding carboxylic acids is 2. The summed E-state index contributed by atoms with van der Waals surface area (Å²) < 4.78 is 5.73. The summed E-state index contributed by atoms with van der Waals surface area (Å²) in [6.07, 6.45) is 2.68. The molecule has 2 aliphatic rings. The van der Waals surface area contributed by atoms with Crippen LogP contribution in [-0.4, -0.2) is 29.1 Å². The summed E-state index contributed by atoms with van der Waals surface area (Å²) in [7, 11) is 0. The van der Waals surface area contributed by atoms with Crippen LogP contribution in [0.1, 0.15) is 53.9 Å². The third kappa shape index (κ3) is 3.08. The van der Waals surface area contributed by atoms with Gasteiger partial charge in [-0.25, -0.2) is 4.79 Å². The van der Waals surface area contributed by atoms with Gasteiger partial charge in [0.25, 0.3) is 0 Å². The Bertz CT molecular complexity index is 576. The van der Waals surface area contributed by atoms with Crippen LogP contribution in [0.25, 0.3) is 0 Å². The zero-order chi connectivity index (χ0) is 18.2. The molecule has 0 bridgehead atoms. The number of aliphatic hydroxyl groups is 1. The van der Waals surface area contributed by atoms with Crippen LogP contribution >= 0.6 is 0 Å². The van der Waals surface area contributed by atoms with E-state index in [1.54, 1.807) is 13.0 Å². The third-order valence-corrected chi connectivity index (χ3v) is 6.48. The Balaban J connectivity index is 2.25. The molecule has 0 spiro atoms. The van der Waals surface area contributed by atoms with Gasteiger partial charge in [0.15, 0.2) is 5.78 Å². The topological polar surface area (TPSA) is 63.6 Å². The summed E-state index contributed by atoms with van der Waals surface area (Å²) in [6.45, 7) is 13.5. The third-order valence-electron chi connectivity index (χ3n) is 6.48. The summed E-state index contributed by atoms with van der Waals surface area (Å²) in [5, 5.41) is 10.6. The number of ether oxygens (including phenoxy) is 1. The van der Waals surface area contributed by atoms with E-state index in [0.29, 0.717) is 24.8 Å². The molecule has 0 heterocycles. The van der Waals surface area contributed by atoms with Gasteiger partial charge in [0.2, 0.25) is 0 Å². The molecule has 2 saturated carbocycles. The van der Waals surface area contributed by atoms with Crippen molar-refractivity contribution in [2.75, 3.05) is 0 Å². The fourth-order valence-corrected chi connectivity index (χ4v) is 4.41. The molecular formula is C20H30O4. The molecule has 2 fully saturated rings. The highest BCUT2D eigenvalue weighted by atomic mass is 16.5. The molecule has 6 atom stereocenters. The Hall–Kier alpha value is -1.42. The smallest absolute Gasteiger partial charge is 0.333 e. The molecule has 2 aliphatic carbocycles.